The van der Waals surface area contributed by atoms with Crippen LogP contribution in [0.2, 0.25) is 0 Å². The zero-order valence-electron chi connectivity index (χ0n) is 19.7. The SMILES string of the molecule is CCCNc1nccc(-c2c(-c3ccc(F)cc3)nc3n2C(Cn2ccc4ccccc42)CC3)n1. The first-order valence-electron chi connectivity index (χ1n) is 12.2. The van der Waals surface area contributed by atoms with E-state index in [1.165, 1.54) is 23.0 Å². The number of anilines is 1. The molecule has 0 radical (unpaired) electrons. The number of nitrogens with zero attached hydrogens (tertiary/aromatic N) is 5. The van der Waals surface area contributed by atoms with Gasteiger partial charge in [-0.2, -0.15) is 0 Å². The molecule has 5 aromatic rings. The monoisotopic (exact) mass is 466 g/mol. The van der Waals surface area contributed by atoms with E-state index in [0.29, 0.717) is 5.95 Å². The number of imidazole rings is 1. The molecule has 35 heavy (non-hydrogen) atoms. The molecule has 1 unspecified atom stereocenters. The van der Waals surface area contributed by atoms with Crippen molar-refractivity contribution in [1.82, 2.24) is 24.1 Å². The Labute approximate surface area is 203 Å². The lowest BCUT2D eigenvalue weighted by molar-refractivity contribution is 0.459. The predicted molar refractivity (Wildman–Crippen MR) is 137 cm³/mol. The molecule has 0 amide bonds. The van der Waals surface area contributed by atoms with Crippen LogP contribution in [0.15, 0.2) is 73.1 Å². The van der Waals surface area contributed by atoms with Gasteiger partial charge in [0.25, 0.3) is 0 Å². The van der Waals surface area contributed by atoms with Gasteiger partial charge in [-0.3, -0.25) is 0 Å². The van der Waals surface area contributed by atoms with Crippen molar-refractivity contribution in [2.75, 3.05) is 11.9 Å². The average molecular weight is 467 g/mol. The van der Waals surface area contributed by atoms with Crippen molar-refractivity contribution < 1.29 is 4.39 Å². The summed E-state index contributed by atoms with van der Waals surface area (Å²) in [5.41, 5.74) is 4.74. The van der Waals surface area contributed by atoms with Gasteiger partial charge in [-0.25, -0.2) is 19.3 Å². The number of benzene rings is 2. The third-order valence-corrected chi connectivity index (χ3v) is 6.69. The quantitative estimate of drug-likeness (QED) is 0.314. The molecule has 176 valence electrons. The molecule has 7 heteroatoms. The van der Waals surface area contributed by atoms with E-state index >= 15 is 0 Å². The second-order valence-corrected chi connectivity index (χ2v) is 9.01. The number of nitrogens with one attached hydrogen (secondary N) is 1. The number of para-hydroxylation sites is 1. The summed E-state index contributed by atoms with van der Waals surface area (Å²) in [5.74, 6) is 1.39. The van der Waals surface area contributed by atoms with Crippen LogP contribution >= 0.6 is 0 Å². The minimum atomic E-state index is -0.257. The summed E-state index contributed by atoms with van der Waals surface area (Å²) in [6.45, 7) is 3.77. The van der Waals surface area contributed by atoms with Gasteiger partial charge in [0.05, 0.1) is 23.1 Å². The van der Waals surface area contributed by atoms with Crippen LogP contribution in [0.25, 0.3) is 33.5 Å². The van der Waals surface area contributed by atoms with Crippen LogP contribution in [-0.4, -0.2) is 30.6 Å². The van der Waals surface area contributed by atoms with Gasteiger partial charge < -0.3 is 14.5 Å². The lowest BCUT2D eigenvalue weighted by atomic mass is 10.1. The molecule has 1 aliphatic rings. The maximum Gasteiger partial charge on any atom is 0.223 e. The van der Waals surface area contributed by atoms with Gasteiger partial charge in [-0.1, -0.05) is 25.1 Å². The molecule has 0 spiro atoms. The maximum absolute atomic E-state index is 13.7. The number of fused-ring (bicyclic) bond motifs is 2. The van der Waals surface area contributed by atoms with Gasteiger partial charge in [0.15, 0.2) is 0 Å². The summed E-state index contributed by atoms with van der Waals surface area (Å²) in [7, 11) is 0. The Hall–Kier alpha value is -4.00. The Morgan fingerprint density at radius 1 is 1.03 bits per heavy atom. The average Bonchev–Trinajstić information content (AvgIpc) is 3.58. The zero-order valence-corrected chi connectivity index (χ0v) is 19.7. The van der Waals surface area contributed by atoms with Crippen LogP contribution in [0.3, 0.4) is 0 Å². The second kappa shape index (κ2) is 8.98. The third-order valence-electron chi connectivity index (χ3n) is 6.69. The van der Waals surface area contributed by atoms with Crippen molar-refractivity contribution in [2.45, 2.75) is 38.8 Å². The molecule has 1 aliphatic heterocycles. The van der Waals surface area contributed by atoms with Crippen LogP contribution in [0.1, 0.15) is 31.6 Å². The molecule has 0 bridgehead atoms. The molecular weight excluding hydrogens is 439 g/mol. The first-order valence-corrected chi connectivity index (χ1v) is 12.2. The van der Waals surface area contributed by atoms with Crippen molar-refractivity contribution in [3.05, 3.63) is 84.7 Å². The van der Waals surface area contributed by atoms with Gasteiger partial charge in [0.2, 0.25) is 5.95 Å². The van der Waals surface area contributed by atoms with E-state index in [1.807, 2.05) is 6.07 Å². The maximum atomic E-state index is 13.7. The smallest absolute Gasteiger partial charge is 0.223 e. The fourth-order valence-corrected chi connectivity index (χ4v) is 5.04. The van der Waals surface area contributed by atoms with Gasteiger partial charge in [-0.15, -0.1) is 0 Å². The minimum absolute atomic E-state index is 0.236. The number of rotatable bonds is 7. The summed E-state index contributed by atoms with van der Waals surface area (Å²) in [6.07, 6.45) is 6.85. The molecule has 2 aromatic carbocycles. The topological polar surface area (TPSA) is 60.6 Å². The molecule has 0 aliphatic carbocycles. The van der Waals surface area contributed by atoms with Crippen LogP contribution in [0.4, 0.5) is 10.3 Å². The number of hydrogen-bond donors (Lipinski definition) is 1. The summed E-state index contributed by atoms with van der Waals surface area (Å²) in [6, 6.07) is 19.4. The highest BCUT2D eigenvalue weighted by Crippen LogP contribution is 2.40. The summed E-state index contributed by atoms with van der Waals surface area (Å²) >= 11 is 0. The van der Waals surface area contributed by atoms with Crippen LogP contribution in [0.5, 0.6) is 0 Å². The van der Waals surface area contributed by atoms with E-state index in [0.717, 1.165) is 60.8 Å². The number of aromatic nitrogens is 5. The number of halogens is 1. The fourth-order valence-electron chi connectivity index (χ4n) is 5.04. The highest BCUT2D eigenvalue weighted by molar-refractivity contribution is 5.80. The standard InChI is InChI=1S/C28H27FN6/c1-2-15-30-28-31-16-13-23(32-28)27-26(20-7-9-21(29)10-8-20)33-25-12-11-22(35(25)27)18-34-17-14-19-5-3-4-6-24(19)34/h3-10,13-14,16-17,22H,2,11-12,15,18H2,1H3,(H,30,31,32). The van der Waals surface area contributed by atoms with Crippen molar-refractivity contribution in [3.63, 3.8) is 0 Å². The molecule has 0 saturated heterocycles. The first kappa shape index (κ1) is 21.5. The van der Waals surface area contributed by atoms with Crippen molar-refractivity contribution in [1.29, 1.82) is 0 Å². The van der Waals surface area contributed by atoms with E-state index in [4.69, 9.17) is 9.97 Å². The molecule has 1 N–H and O–H groups in total. The lowest BCUT2D eigenvalue weighted by Crippen LogP contribution is -2.14. The van der Waals surface area contributed by atoms with Crippen LogP contribution < -0.4 is 5.32 Å². The Morgan fingerprint density at radius 3 is 2.74 bits per heavy atom. The van der Waals surface area contributed by atoms with Gasteiger partial charge in [-0.05, 0) is 60.7 Å². The molecule has 0 saturated carbocycles. The molecule has 3 aromatic heterocycles. The molecule has 1 atom stereocenters. The van der Waals surface area contributed by atoms with Gasteiger partial charge in [0.1, 0.15) is 11.6 Å². The van der Waals surface area contributed by atoms with Crippen molar-refractivity contribution in [3.8, 4) is 22.6 Å². The predicted octanol–water partition coefficient (Wildman–Crippen LogP) is 6.11. The molecule has 4 heterocycles. The largest absolute Gasteiger partial charge is 0.354 e. The van der Waals surface area contributed by atoms with Gasteiger partial charge in [0, 0.05) is 43.0 Å². The summed E-state index contributed by atoms with van der Waals surface area (Å²) in [5, 5.41) is 4.53. The lowest BCUT2D eigenvalue weighted by Gasteiger charge is -2.19. The van der Waals surface area contributed by atoms with Gasteiger partial charge >= 0.3 is 0 Å². The minimum Gasteiger partial charge on any atom is -0.354 e. The zero-order chi connectivity index (χ0) is 23.8. The molecule has 6 rings (SSSR count). The Bertz CT molecular complexity index is 1480. The Kier molecular flexibility index (Phi) is 5.52. The number of hydrogen-bond acceptors (Lipinski definition) is 4. The van der Waals surface area contributed by atoms with E-state index in [9.17, 15) is 4.39 Å². The Morgan fingerprint density at radius 2 is 1.89 bits per heavy atom. The third kappa shape index (κ3) is 3.97. The molecular formula is C28H27FN6. The summed E-state index contributed by atoms with van der Waals surface area (Å²) in [4.78, 5) is 14.3. The van der Waals surface area contributed by atoms with E-state index in [2.05, 4.69) is 62.9 Å². The number of aryl methyl sites for hydroxylation is 1. The Balaban J connectivity index is 1.47. The molecule has 6 nitrogen and oxygen atoms in total. The van der Waals surface area contributed by atoms with Crippen molar-refractivity contribution in [2.24, 2.45) is 0 Å². The first-order chi connectivity index (χ1) is 17.2. The van der Waals surface area contributed by atoms with E-state index in [1.54, 1.807) is 18.3 Å². The van der Waals surface area contributed by atoms with E-state index < -0.39 is 0 Å². The van der Waals surface area contributed by atoms with E-state index in [-0.39, 0.29) is 11.9 Å². The van der Waals surface area contributed by atoms with Crippen LogP contribution in [-0.2, 0) is 13.0 Å². The van der Waals surface area contributed by atoms with Crippen molar-refractivity contribution >= 4 is 16.9 Å². The highest BCUT2D eigenvalue weighted by atomic mass is 19.1. The molecule has 0 fully saturated rings. The highest BCUT2D eigenvalue weighted by Gasteiger charge is 2.31. The van der Waals surface area contributed by atoms with Crippen LogP contribution in [0, 0.1) is 5.82 Å². The summed E-state index contributed by atoms with van der Waals surface area (Å²) < 4.78 is 18.4. The fraction of sp³-hybridized carbons (Fsp3) is 0.250. The normalized spacial score (nSPS) is 15.0. The second-order valence-electron chi connectivity index (χ2n) is 9.01.